The van der Waals surface area contributed by atoms with E-state index in [-0.39, 0.29) is 24.9 Å². The van der Waals surface area contributed by atoms with E-state index in [9.17, 15) is 9.59 Å². The third-order valence-electron chi connectivity index (χ3n) is 4.27. The van der Waals surface area contributed by atoms with Gasteiger partial charge in [-0.15, -0.1) is 0 Å². The molecule has 1 fully saturated rings. The zero-order valence-corrected chi connectivity index (χ0v) is 15.1. The molecule has 3 N–H and O–H groups in total. The first-order valence-electron chi connectivity index (χ1n) is 8.60. The highest BCUT2D eigenvalue weighted by Gasteiger charge is 2.33. The predicted molar refractivity (Wildman–Crippen MR) is 97.8 cm³/mol. The van der Waals surface area contributed by atoms with Gasteiger partial charge in [0.25, 0.3) is 0 Å². The number of hydrogen-bond donors (Lipinski definition) is 3. The standard InChI is InChI=1S/C18H25BN2O5/c1-4-18(23)21(15-7-8-15)11-16(22)20-17(26-19(24)25)10-14-6-5-12(2)9-13(14)3/h4-6,9,15,17,24-25H,1,7-8,10-11H2,2-3H3,(H,20,22)/t17-/m1/s1. The van der Waals surface area contributed by atoms with E-state index in [0.717, 1.165) is 29.5 Å². The van der Waals surface area contributed by atoms with Crippen molar-refractivity contribution < 1.29 is 24.3 Å². The van der Waals surface area contributed by atoms with Crippen LogP contribution in [0.3, 0.4) is 0 Å². The number of benzene rings is 1. The van der Waals surface area contributed by atoms with Crippen LogP contribution in [0.25, 0.3) is 0 Å². The quantitative estimate of drug-likeness (QED) is 0.337. The number of aryl methyl sites for hydroxylation is 2. The van der Waals surface area contributed by atoms with Gasteiger partial charge in [0.2, 0.25) is 11.8 Å². The molecule has 0 bridgehead atoms. The van der Waals surface area contributed by atoms with Gasteiger partial charge in [-0.2, -0.15) is 0 Å². The topological polar surface area (TPSA) is 99.1 Å². The maximum Gasteiger partial charge on any atom is 0.635 e. The molecule has 0 heterocycles. The van der Waals surface area contributed by atoms with E-state index in [2.05, 4.69) is 11.9 Å². The highest BCUT2D eigenvalue weighted by molar-refractivity contribution is 6.32. The molecule has 2 rings (SSSR count). The molecule has 1 atom stereocenters. The molecule has 7 nitrogen and oxygen atoms in total. The van der Waals surface area contributed by atoms with Crippen LogP contribution in [0.5, 0.6) is 0 Å². The van der Waals surface area contributed by atoms with Gasteiger partial charge >= 0.3 is 7.32 Å². The summed E-state index contributed by atoms with van der Waals surface area (Å²) in [7, 11) is -2.01. The molecule has 0 spiro atoms. The minimum atomic E-state index is -2.01. The molecule has 1 aromatic carbocycles. The van der Waals surface area contributed by atoms with Gasteiger partial charge in [-0.05, 0) is 43.9 Å². The van der Waals surface area contributed by atoms with Gasteiger partial charge in [0, 0.05) is 12.5 Å². The van der Waals surface area contributed by atoms with E-state index >= 15 is 0 Å². The lowest BCUT2D eigenvalue weighted by molar-refractivity contribution is -0.134. The highest BCUT2D eigenvalue weighted by atomic mass is 16.6. The second-order valence-electron chi connectivity index (χ2n) is 6.55. The number of nitrogens with zero attached hydrogens (tertiary/aromatic N) is 1. The summed E-state index contributed by atoms with van der Waals surface area (Å²) in [6.45, 7) is 7.25. The van der Waals surface area contributed by atoms with E-state index in [1.54, 1.807) is 0 Å². The Morgan fingerprint density at radius 1 is 1.42 bits per heavy atom. The summed E-state index contributed by atoms with van der Waals surface area (Å²) in [4.78, 5) is 25.7. The zero-order valence-electron chi connectivity index (χ0n) is 15.1. The molecule has 0 radical (unpaired) electrons. The molecule has 1 aromatic rings. The Morgan fingerprint density at radius 2 is 2.12 bits per heavy atom. The molecule has 140 valence electrons. The van der Waals surface area contributed by atoms with Crippen LogP contribution in [0, 0.1) is 13.8 Å². The predicted octanol–water partition coefficient (Wildman–Crippen LogP) is 0.451. The van der Waals surface area contributed by atoms with Gasteiger partial charge in [-0.25, -0.2) is 0 Å². The second-order valence-corrected chi connectivity index (χ2v) is 6.55. The van der Waals surface area contributed by atoms with Crippen LogP contribution in [0.15, 0.2) is 30.9 Å². The fourth-order valence-corrected chi connectivity index (χ4v) is 2.82. The number of amides is 2. The Labute approximate surface area is 153 Å². The number of rotatable bonds is 9. The number of carbonyl (C=O) groups excluding carboxylic acids is 2. The molecule has 8 heteroatoms. The van der Waals surface area contributed by atoms with Crippen LogP contribution in [-0.2, 0) is 20.7 Å². The highest BCUT2D eigenvalue weighted by Crippen LogP contribution is 2.26. The Morgan fingerprint density at radius 3 is 2.65 bits per heavy atom. The summed E-state index contributed by atoms with van der Waals surface area (Å²) in [6, 6.07) is 5.91. The van der Waals surface area contributed by atoms with E-state index < -0.39 is 19.5 Å². The molecular weight excluding hydrogens is 335 g/mol. The Bertz CT molecular complexity index is 676. The van der Waals surface area contributed by atoms with Gasteiger partial charge < -0.3 is 24.9 Å². The average Bonchev–Trinajstić information content (AvgIpc) is 3.38. The Hall–Kier alpha value is -2.16. The maximum atomic E-state index is 12.3. The minimum Gasteiger partial charge on any atom is -0.402 e. The summed E-state index contributed by atoms with van der Waals surface area (Å²) < 4.78 is 5.01. The van der Waals surface area contributed by atoms with Crippen molar-refractivity contribution in [3.63, 3.8) is 0 Å². The monoisotopic (exact) mass is 360 g/mol. The molecule has 1 saturated carbocycles. The fourth-order valence-electron chi connectivity index (χ4n) is 2.82. The first-order valence-corrected chi connectivity index (χ1v) is 8.60. The summed E-state index contributed by atoms with van der Waals surface area (Å²) in [5.41, 5.74) is 3.04. The van der Waals surface area contributed by atoms with Crippen molar-refractivity contribution in [2.24, 2.45) is 0 Å². The van der Waals surface area contributed by atoms with Crippen molar-refractivity contribution in [3.05, 3.63) is 47.5 Å². The second kappa shape index (κ2) is 8.98. The Balaban J connectivity index is 2.02. The van der Waals surface area contributed by atoms with Crippen LogP contribution >= 0.6 is 0 Å². The van der Waals surface area contributed by atoms with E-state index in [0.29, 0.717) is 0 Å². The van der Waals surface area contributed by atoms with E-state index in [1.807, 2.05) is 32.0 Å². The first kappa shape index (κ1) is 20.2. The smallest absolute Gasteiger partial charge is 0.402 e. The van der Waals surface area contributed by atoms with Gasteiger partial charge in [0.15, 0.2) is 0 Å². The van der Waals surface area contributed by atoms with Gasteiger partial charge in [-0.1, -0.05) is 30.3 Å². The number of hydrogen-bond acceptors (Lipinski definition) is 5. The first-order chi connectivity index (χ1) is 12.3. The lowest BCUT2D eigenvalue weighted by atomic mass is 10.0. The van der Waals surface area contributed by atoms with Crippen LogP contribution < -0.4 is 5.32 Å². The molecule has 0 unspecified atom stereocenters. The molecular formula is C18H25BN2O5. The zero-order chi connectivity index (χ0) is 19.3. The van der Waals surface area contributed by atoms with E-state index in [4.69, 9.17) is 14.7 Å². The van der Waals surface area contributed by atoms with E-state index in [1.165, 1.54) is 11.0 Å². The molecule has 0 aliphatic heterocycles. The third kappa shape index (κ3) is 5.98. The average molecular weight is 360 g/mol. The summed E-state index contributed by atoms with van der Waals surface area (Å²) in [6.07, 6.45) is 2.26. The summed E-state index contributed by atoms with van der Waals surface area (Å²) in [5.74, 6) is -0.723. The normalized spacial score (nSPS) is 14.5. The van der Waals surface area contributed by atoms with Gasteiger partial charge in [-0.3, -0.25) is 9.59 Å². The van der Waals surface area contributed by atoms with Crippen LogP contribution in [0.1, 0.15) is 29.5 Å². The lowest BCUT2D eigenvalue weighted by Gasteiger charge is -2.24. The SMILES string of the molecule is C=CC(=O)N(CC(=O)N[C@@H](Cc1ccc(C)cc1C)OB(O)O)C1CC1. The summed E-state index contributed by atoms with van der Waals surface area (Å²) >= 11 is 0. The van der Waals surface area contributed by atoms with Crippen molar-refractivity contribution >= 4 is 19.1 Å². The largest absolute Gasteiger partial charge is 0.635 e. The van der Waals surface area contributed by atoms with Crippen LogP contribution in [-0.4, -0.2) is 52.9 Å². The van der Waals surface area contributed by atoms with Crippen LogP contribution in [0.4, 0.5) is 0 Å². The van der Waals surface area contributed by atoms with Crippen LogP contribution in [0.2, 0.25) is 0 Å². The summed E-state index contributed by atoms with van der Waals surface area (Å²) in [5, 5.41) is 20.9. The fraction of sp³-hybridized carbons (Fsp3) is 0.444. The molecule has 1 aliphatic rings. The minimum absolute atomic E-state index is 0.0633. The van der Waals surface area contributed by atoms with Crippen molar-refractivity contribution in [2.75, 3.05) is 6.54 Å². The van der Waals surface area contributed by atoms with Gasteiger partial charge in [0.1, 0.15) is 12.8 Å². The third-order valence-corrected chi connectivity index (χ3v) is 4.27. The molecule has 0 aromatic heterocycles. The number of carbonyl (C=O) groups is 2. The number of nitrogens with one attached hydrogen (secondary N) is 1. The molecule has 2 amide bonds. The van der Waals surface area contributed by atoms with Crippen molar-refractivity contribution in [2.45, 2.75) is 45.4 Å². The van der Waals surface area contributed by atoms with Crippen molar-refractivity contribution in [1.29, 1.82) is 0 Å². The molecule has 0 saturated heterocycles. The molecule has 1 aliphatic carbocycles. The lowest BCUT2D eigenvalue weighted by Crippen LogP contribution is -2.48. The van der Waals surface area contributed by atoms with Crippen molar-refractivity contribution in [1.82, 2.24) is 10.2 Å². The maximum absolute atomic E-state index is 12.3. The Kier molecular flexibility index (Phi) is 6.96. The van der Waals surface area contributed by atoms with Crippen molar-refractivity contribution in [3.8, 4) is 0 Å². The molecule has 26 heavy (non-hydrogen) atoms. The van der Waals surface area contributed by atoms with Gasteiger partial charge in [0.05, 0.1) is 0 Å².